The number of anilines is 1. The molecule has 0 unspecified atom stereocenters. The molecule has 8 heteroatoms. The van der Waals surface area contributed by atoms with Gasteiger partial charge in [0.25, 0.3) is 0 Å². The third kappa shape index (κ3) is 1.76. The van der Waals surface area contributed by atoms with Crippen LogP contribution in [0.2, 0.25) is 0 Å². The molecule has 1 saturated heterocycles. The molecule has 0 saturated carbocycles. The Hall–Kier alpha value is -1.77. The number of rotatable bonds is 2. The monoisotopic (exact) mass is 282 g/mol. The lowest BCUT2D eigenvalue weighted by atomic mass is 10.0. The highest BCUT2D eigenvalue weighted by molar-refractivity contribution is 5.88. The van der Waals surface area contributed by atoms with Gasteiger partial charge in [-0.15, -0.1) is 0 Å². The van der Waals surface area contributed by atoms with Crippen LogP contribution in [-0.2, 0) is 11.8 Å². The molecule has 2 aromatic rings. The van der Waals surface area contributed by atoms with Crippen molar-refractivity contribution in [3.63, 3.8) is 0 Å². The van der Waals surface area contributed by atoms with Crippen LogP contribution in [0.4, 0.5) is 10.2 Å². The van der Waals surface area contributed by atoms with Crippen molar-refractivity contribution >= 4 is 16.9 Å². The average molecular weight is 282 g/mol. The number of nitrogen functional groups attached to an aromatic ring is 1. The van der Waals surface area contributed by atoms with Gasteiger partial charge in [-0.3, -0.25) is 0 Å². The number of aliphatic hydroxyl groups is 2. The molecule has 1 aliphatic heterocycles. The molecule has 1 fully saturated rings. The molecule has 0 aromatic carbocycles. The van der Waals surface area contributed by atoms with Gasteiger partial charge in [0.2, 0.25) is 0 Å². The van der Waals surface area contributed by atoms with Crippen LogP contribution in [0.5, 0.6) is 0 Å². The lowest BCUT2D eigenvalue weighted by molar-refractivity contribution is -0.0223. The van der Waals surface area contributed by atoms with Gasteiger partial charge in [0.15, 0.2) is 12.0 Å². The highest BCUT2D eigenvalue weighted by Gasteiger charge is 2.45. The Bertz CT molecular complexity index is 647. The van der Waals surface area contributed by atoms with Crippen LogP contribution in [0.15, 0.2) is 12.5 Å². The zero-order valence-corrected chi connectivity index (χ0v) is 10.8. The lowest BCUT2D eigenvalue weighted by Crippen LogP contribution is -2.30. The van der Waals surface area contributed by atoms with E-state index in [1.165, 1.54) is 6.33 Å². The first-order valence-electron chi connectivity index (χ1n) is 6.18. The van der Waals surface area contributed by atoms with E-state index in [0.717, 1.165) is 0 Å². The van der Waals surface area contributed by atoms with Crippen molar-refractivity contribution in [2.24, 2.45) is 7.05 Å². The Labute approximate surface area is 113 Å². The molecule has 20 heavy (non-hydrogen) atoms. The first-order chi connectivity index (χ1) is 9.54. The number of aryl methyl sites for hydroxylation is 1. The standard InChI is InChI=1S/C12H15FN4O3/c1-17-2-5(8-9(17)12(14)16-4-15-8)11-7(13)10(19)6(3-18)20-11/h2,4,6-7,10-11,18-19H,3H2,1H3,(H2,14,15,16)/t6-,7-,10-,11+/m1/s1. The molecule has 1 aliphatic rings. The van der Waals surface area contributed by atoms with Crippen molar-refractivity contribution in [2.75, 3.05) is 12.3 Å². The maximum Gasteiger partial charge on any atom is 0.159 e. The van der Waals surface area contributed by atoms with Crippen LogP contribution < -0.4 is 5.73 Å². The predicted octanol–water partition coefficient (Wildman–Crippen LogP) is -0.318. The van der Waals surface area contributed by atoms with Gasteiger partial charge in [-0.05, 0) is 0 Å². The van der Waals surface area contributed by atoms with Gasteiger partial charge >= 0.3 is 0 Å². The van der Waals surface area contributed by atoms with Gasteiger partial charge < -0.3 is 25.3 Å². The first kappa shape index (κ1) is 13.2. The van der Waals surface area contributed by atoms with Gasteiger partial charge in [-0.25, -0.2) is 14.4 Å². The fourth-order valence-corrected chi connectivity index (χ4v) is 2.62. The molecule has 108 valence electrons. The highest BCUT2D eigenvalue weighted by Crippen LogP contribution is 2.39. The molecule has 0 amide bonds. The number of ether oxygens (including phenoxy) is 1. The van der Waals surface area contributed by atoms with Crippen LogP contribution >= 0.6 is 0 Å². The molecule has 0 spiro atoms. The number of hydrogen-bond donors (Lipinski definition) is 3. The third-order valence-electron chi connectivity index (χ3n) is 3.61. The highest BCUT2D eigenvalue weighted by atomic mass is 19.1. The van der Waals surface area contributed by atoms with E-state index in [-0.39, 0.29) is 5.82 Å². The van der Waals surface area contributed by atoms with Crippen molar-refractivity contribution in [2.45, 2.75) is 24.5 Å². The van der Waals surface area contributed by atoms with Crippen LogP contribution in [0.25, 0.3) is 11.0 Å². The third-order valence-corrected chi connectivity index (χ3v) is 3.61. The SMILES string of the molecule is Cn1cc([C@@H]2O[C@H](CO)[C@@H](O)[C@H]2F)c2ncnc(N)c21. The van der Waals surface area contributed by atoms with Crippen LogP contribution in [0.1, 0.15) is 11.7 Å². The lowest BCUT2D eigenvalue weighted by Gasteiger charge is -2.11. The van der Waals surface area contributed by atoms with Crippen molar-refractivity contribution < 1.29 is 19.3 Å². The molecule has 3 rings (SSSR count). The van der Waals surface area contributed by atoms with Gasteiger partial charge in [0.05, 0.1) is 12.1 Å². The maximum absolute atomic E-state index is 14.2. The fraction of sp³-hybridized carbons (Fsp3) is 0.500. The van der Waals surface area contributed by atoms with E-state index >= 15 is 0 Å². The maximum atomic E-state index is 14.2. The Kier molecular flexibility index (Phi) is 3.08. The van der Waals surface area contributed by atoms with Crippen molar-refractivity contribution in [3.05, 3.63) is 18.1 Å². The van der Waals surface area contributed by atoms with Crippen molar-refractivity contribution in [1.82, 2.24) is 14.5 Å². The summed E-state index contributed by atoms with van der Waals surface area (Å²) in [6, 6.07) is 0. The largest absolute Gasteiger partial charge is 0.394 e. The summed E-state index contributed by atoms with van der Waals surface area (Å²) in [6.07, 6.45) is -1.97. The molecular formula is C12H15FN4O3. The summed E-state index contributed by atoms with van der Waals surface area (Å²) in [5.41, 5.74) is 7.34. The molecule has 4 atom stereocenters. The minimum atomic E-state index is -1.63. The number of nitrogens with zero attached hydrogens (tertiary/aromatic N) is 3. The number of hydrogen-bond acceptors (Lipinski definition) is 6. The second kappa shape index (κ2) is 4.65. The van der Waals surface area contributed by atoms with Crippen LogP contribution in [0.3, 0.4) is 0 Å². The number of fused-ring (bicyclic) bond motifs is 1. The zero-order valence-electron chi connectivity index (χ0n) is 10.8. The second-order valence-corrected chi connectivity index (χ2v) is 4.86. The molecule has 3 heterocycles. The predicted molar refractivity (Wildman–Crippen MR) is 68.5 cm³/mol. The number of aliphatic hydroxyl groups excluding tert-OH is 2. The number of halogens is 1. The fourth-order valence-electron chi connectivity index (χ4n) is 2.62. The van der Waals surface area contributed by atoms with E-state index in [9.17, 15) is 9.50 Å². The number of nitrogens with two attached hydrogens (primary N) is 1. The van der Waals surface area contributed by atoms with Crippen molar-refractivity contribution in [3.8, 4) is 0 Å². The second-order valence-electron chi connectivity index (χ2n) is 4.86. The van der Waals surface area contributed by atoms with E-state index in [4.69, 9.17) is 15.6 Å². The van der Waals surface area contributed by atoms with Gasteiger partial charge in [-0.1, -0.05) is 0 Å². The average Bonchev–Trinajstić information content (AvgIpc) is 2.90. The topological polar surface area (TPSA) is 106 Å². The van der Waals surface area contributed by atoms with E-state index in [1.807, 2.05) is 0 Å². The van der Waals surface area contributed by atoms with E-state index in [0.29, 0.717) is 16.6 Å². The van der Waals surface area contributed by atoms with Gasteiger partial charge in [-0.2, -0.15) is 0 Å². The normalized spacial score (nSPS) is 30.2. The number of alkyl halides is 1. The molecule has 7 nitrogen and oxygen atoms in total. The van der Waals surface area contributed by atoms with E-state index in [2.05, 4.69) is 9.97 Å². The molecule has 0 aliphatic carbocycles. The number of aromatic nitrogens is 3. The quantitative estimate of drug-likeness (QED) is 0.697. The smallest absolute Gasteiger partial charge is 0.159 e. The van der Waals surface area contributed by atoms with E-state index < -0.39 is 31.1 Å². The molecule has 0 bridgehead atoms. The van der Waals surface area contributed by atoms with Crippen LogP contribution in [0, 0.1) is 0 Å². The summed E-state index contributed by atoms with van der Waals surface area (Å²) in [7, 11) is 1.74. The summed E-state index contributed by atoms with van der Waals surface area (Å²) in [5, 5.41) is 18.8. The molecular weight excluding hydrogens is 267 g/mol. The summed E-state index contributed by atoms with van der Waals surface area (Å²) in [4.78, 5) is 8.01. The summed E-state index contributed by atoms with van der Waals surface area (Å²) < 4.78 is 21.3. The minimum absolute atomic E-state index is 0.288. The Morgan fingerprint density at radius 1 is 1.50 bits per heavy atom. The van der Waals surface area contributed by atoms with E-state index in [1.54, 1.807) is 17.8 Å². The Morgan fingerprint density at radius 3 is 2.90 bits per heavy atom. The Morgan fingerprint density at radius 2 is 2.25 bits per heavy atom. The first-order valence-corrected chi connectivity index (χ1v) is 6.18. The van der Waals surface area contributed by atoms with Gasteiger partial charge in [0, 0.05) is 18.8 Å². The zero-order chi connectivity index (χ0) is 14.4. The summed E-state index contributed by atoms with van der Waals surface area (Å²) in [5.74, 6) is 0.288. The molecule has 2 aromatic heterocycles. The van der Waals surface area contributed by atoms with Crippen molar-refractivity contribution in [1.29, 1.82) is 0 Å². The Balaban J connectivity index is 2.10. The minimum Gasteiger partial charge on any atom is -0.394 e. The summed E-state index contributed by atoms with van der Waals surface area (Å²) >= 11 is 0. The molecule has 4 N–H and O–H groups in total. The summed E-state index contributed by atoms with van der Waals surface area (Å²) in [6.45, 7) is -0.444. The van der Waals surface area contributed by atoms with Crippen LogP contribution in [-0.4, -0.2) is 49.7 Å². The van der Waals surface area contributed by atoms with Gasteiger partial charge in [0.1, 0.15) is 30.2 Å². The molecule has 0 radical (unpaired) electrons.